The van der Waals surface area contributed by atoms with Gasteiger partial charge in [-0.1, -0.05) is 160 Å². The molecule has 0 unspecified atom stereocenters. The molecule has 7 heteroatoms. The molecule has 0 aromatic rings. The monoisotopic (exact) mass is 937 g/mol. The summed E-state index contributed by atoms with van der Waals surface area (Å²) in [4.78, 5) is 0. The Morgan fingerprint density at radius 3 is 0.309 bits per heavy atom. The van der Waals surface area contributed by atoms with Crippen molar-refractivity contribution in [3.63, 3.8) is 0 Å². The molecule has 0 aliphatic carbocycles. The van der Waals surface area contributed by atoms with Crippen LogP contribution in [0, 0.1) is 0 Å². The van der Waals surface area contributed by atoms with E-state index in [0.29, 0.717) is 31.7 Å². The van der Waals surface area contributed by atoms with Gasteiger partial charge in [0.2, 0.25) is 0 Å². The smallest absolute Gasteiger partial charge is 1.00 e. The largest absolute Gasteiger partial charge is 2.00 e. The molecule has 55 heavy (non-hydrogen) atoms. The van der Waals surface area contributed by atoms with Crippen LogP contribution < -0.4 is 24.8 Å². The third-order valence-corrected chi connectivity index (χ3v) is 21.3. The number of hydrogen-bond acceptors (Lipinski definition) is 0. The summed E-state index contributed by atoms with van der Waals surface area (Å²) in [6, 6.07) is 0. The summed E-state index contributed by atoms with van der Waals surface area (Å²) in [5.74, 6) is 0. The van der Waals surface area contributed by atoms with Crippen molar-refractivity contribution in [3.05, 3.63) is 0 Å². The van der Waals surface area contributed by atoms with Crippen LogP contribution in [-0.4, -0.2) is 73.9 Å². The zero-order valence-electron chi connectivity index (χ0n) is 40.3. The second-order valence-corrected chi connectivity index (χ2v) is 26.3. The Balaban J connectivity index is -0.000000110. The van der Waals surface area contributed by atoms with Gasteiger partial charge >= 0.3 is 16.5 Å². The molecule has 344 valence electrons. The van der Waals surface area contributed by atoms with Gasteiger partial charge in [0.1, 0.15) is 0 Å². The summed E-state index contributed by atoms with van der Waals surface area (Å²) in [7, 11) is 1.69. The van der Waals surface area contributed by atoms with Crippen LogP contribution in [0.25, 0.3) is 0 Å². The minimum atomic E-state index is 0. The molecule has 0 aliphatic heterocycles. The molecule has 0 bridgehead atoms. The van der Waals surface area contributed by atoms with Crippen molar-refractivity contribution in [2.24, 2.45) is 0 Å². The molecule has 0 nitrogen and oxygen atoms in total. The number of rotatable bonds is 36. The molecular formula is C48H108Cl2NiP4. The molecule has 0 fully saturated rings. The molecule has 0 saturated carbocycles. The van der Waals surface area contributed by atoms with Crippen molar-refractivity contribution in [1.82, 2.24) is 0 Å². The molecule has 0 aromatic carbocycles. The molecule has 0 rings (SSSR count). The molecule has 0 atom stereocenters. The van der Waals surface area contributed by atoms with E-state index in [4.69, 9.17) is 0 Å². The van der Waals surface area contributed by atoms with Gasteiger partial charge in [0.05, 0.1) is 0 Å². The summed E-state index contributed by atoms with van der Waals surface area (Å²) in [6.07, 6.45) is 52.9. The van der Waals surface area contributed by atoms with Gasteiger partial charge in [-0.3, -0.25) is 0 Å². The zero-order valence-corrected chi connectivity index (χ0v) is 46.4. The topological polar surface area (TPSA) is 0 Å². The molecule has 0 heterocycles. The quantitative estimate of drug-likeness (QED) is 0.0434. The predicted molar refractivity (Wildman–Crippen MR) is 265 cm³/mol. The van der Waals surface area contributed by atoms with Gasteiger partial charge < -0.3 is 24.8 Å². The Morgan fingerprint density at radius 2 is 0.255 bits per heavy atom. The van der Waals surface area contributed by atoms with Gasteiger partial charge in [-0.25, -0.2) is 0 Å². The maximum absolute atomic E-state index is 2.31. The van der Waals surface area contributed by atoms with Crippen LogP contribution >= 0.6 is 31.7 Å². The third-order valence-electron chi connectivity index (χ3n) is 9.93. The Labute approximate surface area is 381 Å². The van der Waals surface area contributed by atoms with E-state index in [-0.39, 0.29) is 41.3 Å². The first kappa shape index (κ1) is 72.3. The van der Waals surface area contributed by atoms with Crippen LogP contribution in [0.5, 0.6) is 0 Å². The summed E-state index contributed by atoms with van der Waals surface area (Å²) < 4.78 is 0. The third kappa shape index (κ3) is 66.1. The maximum Gasteiger partial charge on any atom is 2.00 e. The predicted octanol–water partition coefficient (Wildman–Crippen LogP) is 13.5. The Morgan fingerprint density at radius 1 is 0.182 bits per heavy atom. The van der Waals surface area contributed by atoms with Gasteiger partial charge in [0.15, 0.2) is 0 Å². The first-order valence-corrected chi connectivity index (χ1v) is 31.9. The van der Waals surface area contributed by atoms with E-state index in [1.165, 1.54) is 154 Å². The van der Waals surface area contributed by atoms with E-state index in [2.05, 4.69) is 83.1 Å². The van der Waals surface area contributed by atoms with E-state index in [1.807, 2.05) is 0 Å². The van der Waals surface area contributed by atoms with Crippen molar-refractivity contribution < 1.29 is 41.3 Å². The van der Waals surface area contributed by atoms with E-state index in [1.54, 1.807) is 73.9 Å². The van der Waals surface area contributed by atoms with Crippen LogP contribution in [0.4, 0.5) is 0 Å². The van der Waals surface area contributed by atoms with Gasteiger partial charge in [-0.05, 0) is 151 Å². The molecule has 0 radical (unpaired) electrons. The van der Waals surface area contributed by atoms with Crippen LogP contribution in [0.2, 0.25) is 0 Å². The summed E-state index contributed by atoms with van der Waals surface area (Å²) in [6.45, 7) is 27.8. The minimum absolute atomic E-state index is 0. The van der Waals surface area contributed by atoms with E-state index >= 15 is 0 Å². The second-order valence-electron chi connectivity index (χ2n) is 15.6. The van der Waals surface area contributed by atoms with Gasteiger partial charge in [0.25, 0.3) is 0 Å². The molecule has 0 saturated heterocycles. The van der Waals surface area contributed by atoms with Crippen LogP contribution in [-0.2, 0) is 16.5 Å². The summed E-state index contributed by atoms with van der Waals surface area (Å²) in [5, 5.41) is 0. The summed E-state index contributed by atoms with van der Waals surface area (Å²) in [5.41, 5.74) is 0. The maximum atomic E-state index is 2.31. The van der Waals surface area contributed by atoms with Crippen LogP contribution in [0.15, 0.2) is 0 Å². The molecule has 0 aromatic heterocycles. The molecule has 0 aliphatic rings. The average molecular weight is 939 g/mol. The minimum Gasteiger partial charge on any atom is -1.00 e. The van der Waals surface area contributed by atoms with E-state index in [9.17, 15) is 0 Å². The Bertz CT molecular complexity index is 404. The van der Waals surface area contributed by atoms with Gasteiger partial charge in [-0.2, -0.15) is 0 Å². The van der Waals surface area contributed by atoms with Gasteiger partial charge in [-0.15, -0.1) is 31.7 Å². The molecular weight excluding hydrogens is 830 g/mol. The zero-order chi connectivity index (χ0) is 39.8. The van der Waals surface area contributed by atoms with Crippen molar-refractivity contribution in [2.45, 2.75) is 237 Å². The van der Waals surface area contributed by atoms with Crippen molar-refractivity contribution in [3.8, 4) is 0 Å². The normalized spacial score (nSPS) is 10.5. The fourth-order valence-electron chi connectivity index (χ4n) is 5.92. The first-order valence-electron chi connectivity index (χ1n) is 24.3. The van der Waals surface area contributed by atoms with Crippen LogP contribution in [0.1, 0.15) is 237 Å². The second kappa shape index (κ2) is 68.5. The van der Waals surface area contributed by atoms with E-state index in [0.717, 1.165) is 0 Å². The fraction of sp³-hybridized carbons (Fsp3) is 1.00. The van der Waals surface area contributed by atoms with E-state index < -0.39 is 0 Å². The van der Waals surface area contributed by atoms with Crippen molar-refractivity contribution in [2.75, 3.05) is 73.9 Å². The van der Waals surface area contributed by atoms with Gasteiger partial charge in [0, 0.05) is 0 Å². The standard InChI is InChI=1S/4C12H27P.2ClH.Ni/c4*1-4-7-10-13(11-8-5-2)12-9-6-3;;;/h4*4-12H2,1-3H3;2*1H;/q;;;;;;+2/p-2. The average Bonchev–Trinajstić information content (AvgIpc) is 3.17. The van der Waals surface area contributed by atoms with Crippen molar-refractivity contribution >= 4 is 31.7 Å². The number of unbranched alkanes of at least 4 members (excludes halogenated alkanes) is 12. The Kier molecular flexibility index (Phi) is 90.0. The SMILES string of the molecule is CCCCP(CCCC)CCCC.CCCCP(CCCC)CCCC.CCCCP(CCCC)CCCC.CCCCP(CCCC)CCCC.[Cl-].[Cl-].[Ni+2]. The first-order chi connectivity index (χ1) is 25.4. The Hall–Kier alpha value is 2.79. The molecule has 0 amide bonds. The molecule has 0 N–H and O–H groups in total. The van der Waals surface area contributed by atoms with Crippen LogP contribution in [0.3, 0.4) is 0 Å². The molecule has 0 spiro atoms. The fourth-order valence-corrected chi connectivity index (χ4v) is 17.8. The van der Waals surface area contributed by atoms with Crippen molar-refractivity contribution in [1.29, 1.82) is 0 Å². The number of halogens is 2. The number of hydrogen-bond donors (Lipinski definition) is 0. The summed E-state index contributed by atoms with van der Waals surface area (Å²) >= 11 is 0.